The molecule has 0 saturated carbocycles. The van der Waals surface area contributed by atoms with Crippen LogP contribution in [-0.4, -0.2) is 29.3 Å². The highest BCUT2D eigenvalue weighted by Crippen LogP contribution is 2.35. The first-order valence-corrected chi connectivity index (χ1v) is 11.2. The molecule has 148 valence electrons. The van der Waals surface area contributed by atoms with Gasteiger partial charge in [-0.3, -0.25) is 0 Å². The molecule has 0 fully saturated rings. The van der Waals surface area contributed by atoms with Crippen molar-refractivity contribution in [2.45, 2.75) is 19.3 Å². The lowest BCUT2D eigenvalue weighted by Crippen LogP contribution is -2.20. The quantitative estimate of drug-likeness (QED) is 0.668. The van der Waals surface area contributed by atoms with E-state index < -0.39 is 48.8 Å². The Morgan fingerprint density at radius 3 is 1.33 bits per heavy atom. The normalized spacial score (nSPS) is 12.7. The summed E-state index contributed by atoms with van der Waals surface area (Å²) in [4.78, 5) is 0. The third kappa shape index (κ3) is 5.39. The SMILES string of the molecule is CC(C)(c1ccc(OS(C)(=O)=O)c(F)c1)c1ccc(OS(C)(=O)=O)c(F)c1. The summed E-state index contributed by atoms with van der Waals surface area (Å²) in [6.45, 7) is 3.40. The van der Waals surface area contributed by atoms with Crippen LogP contribution in [0.3, 0.4) is 0 Å². The molecule has 0 atom stereocenters. The molecule has 0 N–H and O–H groups in total. The molecular formula is C17H18F2O6S2. The van der Waals surface area contributed by atoms with Gasteiger partial charge >= 0.3 is 20.2 Å². The number of hydrogen-bond acceptors (Lipinski definition) is 6. The summed E-state index contributed by atoms with van der Waals surface area (Å²) in [6.07, 6.45) is 1.60. The van der Waals surface area contributed by atoms with Crippen LogP contribution in [0.5, 0.6) is 11.5 Å². The second kappa shape index (κ2) is 7.08. The van der Waals surface area contributed by atoms with Crippen molar-refractivity contribution in [2.24, 2.45) is 0 Å². The Morgan fingerprint density at radius 2 is 1.07 bits per heavy atom. The standard InChI is InChI=1S/C17H18F2O6S2/c1-17(2,11-5-7-15(13(18)9-11)24-26(3,20)21)12-6-8-16(14(19)10-12)25-27(4,22)23/h5-10H,1-4H3. The topological polar surface area (TPSA) is 86.7 Å². The molecule has 0 heterocycles. The molecule has 27 heavy (non-hydrogen) atoms. The largest absolute Gasteiger partial charge is 0.379 e. The average molecular weight is 420 g/mol. The van der Waals surface area contributed by atoms with Crippen molar-refractivity contribution in [3.8, 4) is 11.5 Å². The van der Waals surface area contributed by atoms with E-state index in [2.05, 4.69) is 8.37 Å². The Bertz CT molecular complexity index is 991. The van der Waals surface area contributed by atoms with Crippen LogP contribution in [0, 0.1) is 11.6 Å². The van der Waals surface area contributed by atoms with Gasteiger partial charge in [-0.1, -0.05) is 26.0 Å². The van der Waals surface area contributed by atoms with Crippen molar-refractivity contribution >= 4 is 20.2 Å². The summed E-state index contributed by atoms with van der Waals surface area (Å²) in [5.74, 6) is -2.66. The molecule has 0 radical (unpaired) electrons. The molecule has 0 spiro atoms. The fourth-order valence-electron chi connectivity index (χ4n) is 2.41. The number of halogens is 2. The van der Waals surface area contributed by atoms with Crippen molar-refractivity contribution in [1.82, 2.24) is 0 Å². The summed E-state index contributed by atoms with van der Waals surface area (Å²) in [6, 6.07) is 7.46. The van der Waals surface area contributed by atoms with Gasteiger partial charge in [0.15, 0.2) is 23.1 Å². The molecule has 0 saturated heterocycles. The number of hydrogen-bond donors (Lipinski definition) is 0. The first-order valence-electron chi connectivity index (χ1n) is 7.58. The van der Waals surface area contributed by atoms with Gasteiger partial charge in [0.05, 0.1) is 12.5 Å². The van der Waals surface area contributed by atoms with Gasteiger partial charge < -0.3 is 8.37 Å². The van der Waals surface area contributed by atoms with Crippen LogP contribution < -0.4 is 8.37 Å². The molecule has 0 bridgehead atoms. The molecule has 2 aromatic rings. The maximum Gasteiger partial charge on any atom is 0.306 e. The van der Waals surface area contributed by atoms with Crippen molar-refractivity contribution in [3.05, 3.63) is 59.2 Å². The van der Waals surface area contributed by atoms with E-state index in [1.807, 2.05) is 0 Å². The van der Waals surface area contributed by atoms with E-state index in [1.54, 1.807) is 13.8 Å². The highest BCUT2D eigenvalue weighted by atomic mass is 32.2. The third-order valence-electron chi connectivity index (χ3n) is 3.79. The molecule has 10 heteroatoms. The Hall–Kier alpha value is -2.20. The second-order valence-corrected chi connectivity index (χ2v) is 9.64. The third-order valence-corrected chi connectivity index (χ3v) is 4.75. The Balaban J connectivity index is 2.41. The lowest BCUT2D eigenvalue weighted by Gasteiger charge is -2.26. The zero-order chi connectivity index (χ0) is 20.6. The number of benzene rings is 2. The van der Waals surface area contributed by atoms with Gasteiger partial charge in [-0.05, 0) is 35.4 Å². The first-order chi connectivity index (χ1) is 12.2. The molecule has 0 aliphatic rings. The van der Waals surface area contributed by atoms with Gasteiger partial charge in [0.1, 0.15) is 0 Å². The molecule has 0 amide bonds. The van der Waals surface area contributed by atoms with Gasteiger partial charge in [0.25, 0.3) is 0 Å². The summed E-state index contributed by atoms with van der Waals surface area (Å²) < 4.78 is 82.1. The smallest absolute Gasteiger partial charge is 0.306 e. The molecular weight excluding hydrogens is 402 g/mol. The van der Waals surface area contributed by atoms with E-state index >= 15 is 0 Å². The highest BCUT2D eigenvalue weighted by molar-refractivity contribution is 7.86. The summed E-state index contributed by atoms with van der Waals surface area (Å²) >= 11 is 0. The minimum atomic E-state index is -3.88. The fraction of sp³-hybridized carbons (Fsp3) is 0.294. The zero-order valence-electron chi connectivity index (χ0n) is 15.0. The average Bonchev–Trinajstić information content (AvgIpc) is 2.48. The van der Waals surface area contributed by atoms with Crippen LogP contribution in [0.25, 0.3) is 0 Å². The van der Waals surface area contributed by atoms with Gasteiger partial charge in [-0.25, -0.2) is 8.78 Å². The van der Waals surface area contributed by atoms with E-state index in [1.165, 1.54) is 24.3 Å². The van der Waals surface area contributed by atoms with E-state index in [0.717, 1.165) is 24.6 Å². The van der Waals surface area contributed by atoms with E-state index in [-0.39, 0.29) is 0 Å². The van der Waals surface area contributed by atoms with Crippen molar-refractivity contribution in [1.29, 1.82) is 0 Å². The van der Waals surface area contributed by atoms with Gasteiger partial charge in [-0.15, -0.1) is 0 Å². The molecule has 6 nitrogen and oxygen atoms in total. The summed E-state index contributed by atoms with van der Waals surface area (Å²) in [7, 11) is -7.76. The Morgan fingerprint density at radius 1 is 0.741 bits per heavy atom. The monoisotopic (exact) mass is 420 g/mol. The van der Waals surface area contributed by atoms with Crippen molar-refractivity contribution in [2.75, 3.05) is 12.5 Å². The van der Waals surface area contributed by atoms with Crippen molar-refractivity contribution in [3.63, 3.8) is 0 Å². The molecule has 0 unspecified atom stereocenters. The predicted octanol–water partition coefficient (Wildman–Crippen LogP) is 2.97. The summed E-state index contributed by atoms with van der Waals surface area (Å²) in [5, 5.41) is 0. The predicted molar refractivity (Wildman–Crippen MR) is 95.9 cm³/mol. The zero-order valence-corrected chi connectivity index (χ0v) is 16.6. The number of rotatable bonds is 6. The van der Waals surface area contributed by atoms with Crippen LogP contribution in [0.1, 0.15) is 25.0 Å². The van der Waals surface area contributed by atoms with Crippen LogP contribution in [-0.2, 0) is 25.7 Å². The lowest BCUT2D eigenvalue weighted by molar-refractivity contribution is 0.464. The minimum Gasteiger partial charge on any atom is -0.379 e. The van der Waals surface area contributed by atoms with E-state index in [9.17, 15) is 25.6 Å². The first kappa shape index (κ1) is 21.1. The highest BCUT2D eigenvalue weighted by Gasteiger charge is 2.26. The Kier molecular flexibility index (Phi) is 5.53. The Labute approximate surface area is 157 Å². The van der Waals surface area contributed by atoms with E-state index in [4.69, 9.17) is 0 Å². The maximum atomic E-state index is 14.2. The molecule has 0 aromatic heterocycles. The maximum absolute atomic E-state index is 14.2. The van der Waals surface area contributed by atoms with Crippen LogP contribution in [0.4, 0.5) is 8.78 Å². The van der Waals surface area contributed by atoms with Gasteiger partial charge in [0, 0.05) is 5.41 Å². The molecule has 0 aliphatic carbocycles. The van der Waals surface area contributed by atoms with Crippen molar-refractivity contribution < 1.29 is 34.0 Å². The molecule has 2 aromatic carbocycles. The van der Waals surface area contributed by atoms with Crippen LogP contribution in [0.15, 0.2) is 36.4 Å². The fourth-order valence-corrected chi connectivity index (χ4v) is 3.33. The van der Waals surface area contributed by atoms with Gasteiger partial charge in [0.2, 0.25) is 0 Å². The second-order valence-electron chi connectivity index (χ2n) is 6.49. The minimum absolute atomic E-state index is 0.428. The van der Waals surface area contributed by atoms with Crippen LogP contribution >= 0.6 is 0 Å². The molecule has 0 aliphatic heterocycles. The lowest BCUT2D eigenvalue weighted by atomic mass is 9.78. The van der Waals surface area contributed by atoms with Crippen LogP contribution in [0.2, 0.25) is 0 Å². The summed E-state index contributed by atoms with van der Waals surface area (Å²) in [5.41, 5.74) is -0.0244. The van der Waals surface area contributed by atoms with E-state index in [0.29, 0.717) is 11.1 Å². The van der Waals surface area contributed by atoms with Gasteiger partial charge in [-0.2, -0.15) is 16.8 Å². The molecule has 2 rings (SSSR count).